The molecule has 0 unspecified atom stereocenters. The maximum Gasteiger partial charge on any atom is 0.418 e. The number of rotatable bonds is 2. The summed E-state index contributed by atoms with van der Waals surface area (Å²) in [6.45, 7) is 0.952. The zero-order valence-electron chi connectivity index (χ0n) is 11.4. The van der Waals surface area contributed by atoms with Crippen LogP contribution in [0.3, 0.4) is 0 Å². The molecule has 1 aliphatic rings. The van der Waals surface area contributed by atoms with Gasteiger partial charge in [0.25, 0.3) is 5.91 Å². The molecule has 7 heteroatoms. The third-order valence-corrected chi connectivity index (χ3v) is 3.77. The van der Waals surface area contributed by atoms with Crippen molar-refractivity contribution in [2.45, 2.75) is 19.0 Å². The maximum atomic E-state index is 12.8. The number of nitrogens with zero attached hydrogens (tertiary/aromatic N) is 1. The van der Waals surface area contributed by atoms with Gasteiger partial charge in [-0.3, -0.25) is 4.79 Å². The molecule has 1 fully saturated rings. The number of benzene rings is 1. The van der Waals surface area contributed by atoms with Crippen molar-refractivity contribution in [3.05, 3.63) is 29.3 Å². The molecular formula is C14H17F3N2O2. The largest absolute Gasteiger partial charge is 0.418 e. The van der Waals surface area contributed by atoms with Crippen molar-refractivity contribution in [3.63, 3.8) is 0 Å². The number of nitrogen functional groups attached to an aromatic ring is 1. The fraction of sp³-hybridized carbons (Fsp3) is 0.500. The van der Waals surface area contributed by atoms with E-state index in [0.29, 0.717) is 25.9 Å². The first-order chi connectivity index (χ1) is 9.82. The van der Waals surface area contributed by atoms with Gasteiger partial charge in [0.1, 0.15) is 0 Å². The monoisotopic (exact) mass is 302 g/mol. The average molecular weight is 302 g/mol. The highest BCUT2D eigenvalue weighted by Gasteiger charge is 2.34. The number of piperidine rings is 1. The number of halogens is 3. The van der Waals surface area contributed by atoms with Crippen LogP contribution in [0.4, 0.5) is 18.9 Å². The lowest BCUT2D eigenvalue weighted by Crippen LogP contribution is -2.39. The highest BCUT2D eigenvalue weighted by atomic mass is 19.4. The molecule has 0 aliphatic carbocycles. The van der Waals surface area contributed by atoms with Crippen LogP contribution in [0.2, 0.25) is 0 Å². The van der Waals surface area contributed by atoms with Crippen molar-refractivity contribution in [1.29, 1.82) is 0 Å². The Labute approximate surface area is 120 Å². The van der Waals surface area contributed by atoms with Gasteiger partial charge in [0.15, 0.2) is 0 Å². The molecule has 0 atom stereocenters. The Balaban J connectivity index is 2.17. The van der Waals surface area contributed by atoms with E-state index in [9.17, 15) is 18.0 Å². The van der Waals surface area contributed by atoms with Gasteiger partial charge in [-0.1, -0.05) is 0 Å². The minimum absolute atomic E-state index is 0.0148. The Morgan fingerprint density at radius 2 is 1.95 bits per heavy atom. The Hall–Kier alpha value is -1.76. The quantitative estimate of drug-likeness (QED) is 0.823. The number of alkyl halides is 3. The second kappa shape index (κ2) is 5.93. The summed E-state index contributed by atoms with van der Waals surface area (Å²) in [5.74, 6) is -0.275. The predicted molar refractivity (Wildman–Crippen MR) is 71.6 cm³/mol. The van der Waals surface area contributed by atoms with Gasteiger partial charge in [0, 0.05) is 30.9 Å². The molecule has 0 spiro atoms. The average Bonchev–Trinajstić information content (AvgIpc) is 2.46. The van der Waals surface area contributed by atoms with Crippen LogP contribution >= 0.6 is 0 Å². The molecule has 3 N–H and O–H groups in total. The van der Waals surface area contributed by atoms with Crippen molar-refractivity contribution >= 4 is 11.6 Å². The Morgan fingerprint density at radius 1 is 1.33 bits per heavy atom. The number of amides is 1. The molecule has 4 nitrogen and oxygen atoms in total. The number of carbonyl (C=O) groups excluding carboxylic acids is 1. The van der Waals surface area contributed by atoms with Gasteiger partial charge in [-0.05, 0) is 37.0 Å². The number of aliphatic hydroxyl groups is 1. The number of anilines is 1. The normalized spacial score (nSPS) is 17.0. The van der Waals surface area contributed by atoms with Crippen molar-refractivity contribution in [2.24, 2.45) is 5.92 Å². The maximum absolute atomic E-state index is 12.8. The van der Waals surface area contributed by atoms with Crippen LogP contribution in [0.15, 0.2) is 18.2 Å². The molecule has 0 bridgehead atoms. The van der Waals surface area contributed by atoms with Crippen LogP contribution < -0.4 is 5.73 Å². The SMILES string of the molecule is Nc1ccc(C(=O)N2CCC(CO)CC2)cc1C(F)(F)F. The predicted octanol–water partition coefficient (Wildman–Crippen LogP) is 2.13. The van der Waals surface area contributed by atoms with E-state index in [0.717, 1.165) is 12.1 Å². The van der Waals surface area contributed by atoms with E-state index in [2.05, 4.69) is 0 Å². The van der Waals surface area contributed by atoms with Gasteiger partial charge in [0.2, 0.25) is 0 Å². The number of carbonyl (C=O) groups is 1. The summed E-state index contributed by atoms with van der Waals surface area (Å²) in [5.41, 5.74) is 3.92. The molecule has 1 saturated heterocycles. The third-order valence-electron chi connectivity index (χ3n) is 3.77. The zero-order valence-corrected chi connectivity index (χ0v) is 11.4. The zero-order chi connectivity index (χ0) is 15.6. The van der Waals surface area contributed by atoms with Crippen molar-refractivity contribution in [1.82, 2.24) is 4.90 Å². The number of nitrogens with two attached hydrogens (primary N) is 1. The van der Waals surface area contributed by atoms with Crippen LogP contribution in [-0.2, 0) is 6.18 Å². The lowest BCUT2D eigenvalue weighted by Gasteiger charge is -2.31. The molecular weight excluding hydrogens is 285 g/mol. The first kappa shape index (κ1) is 15.6. The first-order valence-corrected chi connectivity index (χ1v) is 6.69. The highest BCUT2D eigenvalue weighted by molar-refractivity contribution is 5.95. The van der Waals surface area contributed by atoms with Gasteiger partial charge in [0.05, 0.1) is 5.56 Å². The van der Waals surface area contributed by atoms with Gasteiger partial charge in [-0.2, -0.15) is 13.2 Å². The topological polar surface area (TPSA) is 66.6 Å². The third kappa shape index (κ3) is 3.47. The second-order valence-electron chi connectivity index (χ2n) is 5.22. The summed E-state index contributed by atoms with van der Waals surface area (Å²) < 4.78 is 38.4. The lowest BCUT2D eigenvalue weighted by molar-refractivity contribution is -0.136. The van der Waals surface area contributed by atoms with Crippen molar-refractivity contribution in [3.8, 4) is 0 Å². The van der Waals surface area contributed by atoms with Gasteiger partial charge < -0.3 is 15.7 Å². The molecule has 1 aromatic carbocycles. The van der Waals surface area contributed by atoms with E-state index in [-0.39, 0.29) is 18.1 Å². The summed E-state index contributed by atoms with van der Waals surface area (Å²) in [5, 5.41) is 9.05. The minimum atomic E-state index is -4.58. The van der Waals surface area contributed by atoms with Gasteiger partial charge in [-0.15, -0.1) is 0 Å². The van der Waals surface area contributed by atoms with Crippen molar-refractivity contribution < 1.29 is 23.1 Å². The molecule has 0 aromatic heterocycles. The Bertz CT molecular complexity index is 523. The van der Waals surface area contributed by atoms with E-state index in [4.69, 9.17) is 10.8 Å². The van der Waals surface area contributed by atoms with Gasteiger partial charge in [-0.25, -0.2) is 0 Å². The van der Waals surface area contributed by atoms with Crippen molar-refractivity contribution in [2.75, 3.05) is 25.4 Å². The number of hydrogen-bond donors (Lipinski definition) is 2. The smallest absolute Gasteiger partial charge is 0.398 e. The van der Waals surface area contributed by atoms with Crippen LogP contribution in [0.5, 0.6) is 0 Å². The summed E-state index contributed by atoms with van der Waals surface area (Å²) in [6, 6.07) is 3.22. The fourth-order valence-electron chi connectivity index (χ4n) is 2.44. The van der Waals surface area contributed by atoms with E-state index in [1.54, 1.807) is 0 Å². The Morgan fingerprint density at radius 3 is 2.48 bits per heavy atom. The van der Waals surface area contributed by atoms with E-state index < -0.39 is 23.3 Å². The van der Waals surface area contributed by atoms with Crippen LogP contribution in [-0.4, -0.2) is 35.6 Å². The highest BCUT2D eigenvalue weighted by Crippen LogP contribution is 2.34. The molecule has 0 saturated carbocycles. The molecule has 1 amide bonds. The molecule has 1 heterocycles. The van der Waals surface area contributed by atoms with Crippen LogP contribution in [0, 0.1) is 5.92 Å². The van der Waals surface area contributed by atoms with E-state index >= 15 is 0 Å². The summed E-state index contributed by atoms with van der Waals surface area (Å²) in [6.07, 6.45) is -3.27. The molecule has 116 valence electrons. The summed E-state index contributed by atoms with van der Waals surface area (Å²) in [7, 11) is 0. The molecule has 0 radical (unpaired) electrons. The number of likely N-dealkylation sites (tertiary alicyclic amines) is 1. The lowest BCUT2D eigenvalue weighted by atomic mass is 9.97. The van der Waals surface area contributed by atoms with Gasteiger partial charge >= 0.3 is 6.18 Å². The van der Waals surface area contributed by atoms with E-state index in [1.807, 2.05) is 0 Å². The number of aliphatic hydroxyl groups excluding tert-OH is 1. The molecule has 2 rings (SSSR count). The van der Waals surface area contributed by atoms with Crippen LogP contribution in [0.1, 0.15) is 28.8 Å². The van der Waals surface area contributed by atoms with E-state index in [1.165, 1.54) is 11.0 Å². The molecule has 21 heavy (non-hydrogen) atoms. The summed E-state index contributed by atoms with van der Waals surface area (Å²) in [4.78, 5) is 13.8. The first-order valence-electron chi connectivity index (χ1n) is 6.69. The number of hydrogen-bond acceptors (Lipinski definition) is 3. The summed E-state index contributed by atoms with van der Waals surface area (Å²) >= 11 is 0. The van der Waals surface area contributed by atoms with Crippen LogP contribution in [0.25, 0.3) is 0 Å². The standard InChI is InChI=1S/C14H17F3N2O2/c15-14(16,17)11-7-10(1-2-12(11)18)13(21)19-5-3-9(8-20)4-6-19/h1-2,7,9,20H,3-6,8,18H2. The fourth-order valence-corrected chi connectivity index (χ4v) is 2.44. The minimum Gasteiger partial charge on any atom is -0.398 e. The second-order valence-corrected chi connectivity index (χ2v) is 5.22. The molecule has 1 aromatic rings. The molecule has 1 aliphatic heterocycles. The Kier molecular flexibility index (Phi) is 4.41.